The minimum atomic E-state index is 0.125. The Hall–Kier alpha value is -1.77. The Morgan fingerprint density at radius 3 is 2.35 bits per heavy atom. The summed E-state index contributed by atoms with van der Waals surface area (Å²) in [5, 5.41) is 0. The fourth-order valence-electron chi connectivity index (χ4n) is 2.19. The Morgan fingerprint density at radius 2 is 1.76 bits per heavy atom. The average Bonchev–Trinajstić information content (AvgIpc) is 2.36. The van der Waals surface area contributed by atoms with Crippen LogP contribution < -0.4 is 9.47 Å². The summed E-state index contributed by atoms with van der Waals surface area (Å²) in [4.78, 5) is 11.4. The Labute approximate surface area is 101 Å². The van der Waals surface area contributed by atoms with E-state index in [0.29, 0.717) is 0 Å². The van der Waals surface area contributed by atoms with Crippen LogP contribution in [0, 0.1) is 0 Å². The molecule has 0 aromatic heterocycles. The van der Waals surface area contributed by atoms with Gasteiger partial charge in [0.2, 0.25) is 0 Å². The van der Waals surface area contributed by atoms with Gasteiger partial charge in [-0.2, -0.15) is 0 Å². The van der Waals surface area contributed by atoms with E-state index in [1.165, 1.54) is 0 Å². The molecule has 2 rings (SSSR count). The summed E-state index contributed by atoms with van der Waals surface area (Å²) in [7, 11) is 3.30. The lowest BCUT2D eigenvalue weighted by Crippen LogP contribution is -2.08. The lowest BCUT2D eigenvalue weighted by Gasteiger charge is -2.20. The standard InChI is InChI=1S/C14H16O3/c1-9(15)10-4-5-11-12(8-10)14(17-3)7-6-13(11)16-2/h6-8H,4-5H2,1-3H3. The van der Waals surface area contributed by atoms with Gasteiger partial charge in [0.1, 0.15) is 11.5 Å². The van der Waals surface area contributed by atoms with Gasteiger partial charge in [-0.05, 0) is 43.5 Å². The van der Waals surface area contributed by atoms with E-state index in [2.05, 4.69) is 0 Å². The third-order valence-corrected chi connectivity index (χ3v) is 3.13. The normalized spacial score (nSPS) is 13.7. The molecular formula is C14H16O3. The molecule has 0 saturated heterocycles. The number of ketones is 1. The van der Waals surface area contributed by atoms with E-state index in [4.69, 9.17) is 9.47 Å². The van der Waals surface area contributed by atoms with Gasteiger partial charge in [0.15, 0.2) is 5.78 Å². The van der Waals surface area contributed by atoms with Crippen LogP contribution in [0.1, 0.15) is 24.5 Å². The average molecular weight is 232 g/mol. The largest absolute Gasteiger partial charge is 0.496 e. The first kappa shape index (κ1) is 11.7. The number of rotatable bonds is 3. The lowest BCUT2D eigenvalue weighted by atomic mass is 9.89. The minimum Gasteiger partial charge on any atom is -0.496 e. The summed E-state index contributed by atoms with van der Waals surface area (Å²) in [5.74, 6) is 1.78. The molecule has 90 valence electrons. The van der Waals surface area contributed by atoms with E-state index in [1.54, 1.807) is 21.1 Å². The van der Waals surface area contributed by atoms with Crippen molar-refractivity contribution in [3.63, 3.8) is 0 Å². The summed E-state index contributed by atoms with van der Waals surface area (Å²) < 4.78 is 10.7. The summed E-state index contributed by atoms with van der Waals surface area (Å²) in [6.45, 7) is 1.60. The number of benzene rings is 1. The van der Waals surface area contributed by atoms with Gasteiger partial charge >= 0.3 is 0 Å². The molecule has 0 heterocycles. The highest BCUT2D eigenvalue weighted by atomic mass is 16.5. The van der Waals surface area contributed by atoms with Gasteiger partial charge in [-0.3, -0.25) is 4.79 Å². The molecule has 3 nitrogen and oxygen atoms in total. The highest BCUT2D eigenvalue weighted by Crippen LogP contribution is 2.37. The summed E-state index contributed by atoms with van der Waals surface area (Å²) in [5.41, 5.74) is 2.95. The molecule has 0 fully saturated rings. The van der Waals surface area contributed by atoms with Crippen LogP contribution >= 0.6 is 0 Å². The van der Waals surface area contributed by atoms with Crippen LogP contribution in [-0.2, 0) is 11.2 Å². The van der Waals surface area contributed by atoms with Gasteiger partial charge < -0.3 is 9.47 Å². The zero-order valence-electron chi connectivity index (χ0n) is 10.4. The number of carbonyl (C=O) groups is 1. The van der Waals surface area contributed by atoms with E-state index in [1.807, 2.05) is 18.2 Å². The maximum atomic E-state index is 11.4. The maximum Gasteiger partial charge on any atom is 0.155 e. The van der Waals surface area contributed by atoms with E-state index in [0.717, 1.165) is 41.0 Å². The number of methoxy groups -OCH3 is 2. The zero-order valence-corrected chi connectivity index (χ0v) is 10.4. The van der Waals surface area contributed by atoms with Crippen LogP contribution in [0.5, 0.6) is 11.5 Å². The fourth-order valence-corrected chi connectivity index (χ4v) is 2.19. The molecule has 0 spiro atoms. The third kappa shape index (κ3) is 2.05. The molecule has 0 unspecified atom stereocenters. The second kappa shape index (κ2) is 4.62. The van der Waals surface area contributed by atoms with Crippen LogP contribution in [0.15, 0.2) is 17.7 Å². The van der Waals surface area contributed by atoms with Gasteiger partial charge in [-0.1, -0.05) is 0 Å². The van der Waals surface area contributed by atoms with E-state index >= 15 is 0 Å². The number of allylic oxidation sites excluding steroid dienone is 1. The second-order valence-electron chi connectivity index (χ2n) is 4.09. The predicted octanol–water partition coefficient (Wildman–Crippen LogP) is 2.62. The monoisotopic (exact) mass is 232 g/mol. The van der Waals surface area contributed by atoms with Gasteiger partial charge in [0.25, 0.3) is 0 Å². The molecule has 17 heavy (non-hydrogen) atoms. The van der Waals surface area contributed by atoms with Gasteiger partial charge in [0.05, 0.1) is 14.2 Å². The van der Waals surface area contributed by atoms with E-state index in [9.17, 15) is 4.79 Å². The van der Waals surface area contributed by atoms with Crippen molar-refractivity contribution in [2.45, 2.75) is 19.8 Å². The van der Waals surface area contributed by atoms with Crippen molar-refractivity contribution in [1.29, 1.82) is 0 Å². The molecule has 0 amide bonds. The molecule has 0 radical (unpaired) electrons. The van der Waals surface area contributed by atoms with Crippen molar-refractivity contribution < 1.29 is 14.3 Å². The number of Topliss-reactive ketones (excluding diaryl/α,β-unsaturated/α-hetero) is 1. The van der Waals surface area contributed by atoms with E-state index < -0.39 is 0 Å². The number of carbonyl (C=O) groups excluding carboxylic acids is 1. The molecule has 1 aromatic carbocycles. The SMILES string of the molecule is COc1ccc(OC)c2c1C=C(C(C)=O)CC2. The van der Waals surface area contributed by atoms with Crippen molar-refractivity contribution in [3.8, 4) is 11.5 Å². The molecule has 1 aromatic rings. The molecule has 0 saturated carbocycles. The highest BCUT2D eigenvalue weighted by molar-refractivity contribution is 5.99. The van der Waals surface area contributed by atoms with Crippen molar-refractivity contribution >= 4 is 11.9 Å². The number of fused-ring (bicyclic) bond motifs is 1. The first-order valence-corrected chi connectivity index (χ1v) is 5.62. The van der Waals surface area contributed by atoms with Crippen molar-refractivity contribution in [2.24, 2.45) is 0 Å². The topological polar surface area (TPSA) is 35.5 Å². The van der Waals surface area contributed by atoms with Crippen LogP contribution in [0.3, 0.4) is 0 Å². The zero-order chi connectivity index (χ0) is 12.4. The Kier molecular flexibility index (Phi) is 3.18. The molecule has 3 heteroatoms. The predicted molar refractivity (Wildman–Crippen MR) is 66.5 cm³/mol. The maximum absolute atomic E-state index is 11.4. The van der Waals surface area contributed by atoms with Crippen LogP contribution in [0.25, 0.3) is 6.08 Å². The number of hydrogen-bond acceptors (Lipinski definition) is 3. The summed E-state index contributed by atoms with van der Waals surface area (Å²) >= 11 is 0. The molecule has 1 aliphatic carbocycles. The highest BCUT2D eigenvalue weighted by Gasteiger charge is 2.19. The van der Waals surface area contributed by atoms with Gasteiger partial charge in [-0.15, -0.1) is 0 Å². The number of hydrogen-bond donors (Lipinski definition) is 0. The van der Waals surface area contributed by atoms with Gasteiger partial charge in [-0.25, -0.2) is 0 Å². The van der Waals surface area contributed by atoms with Crippen molar-refractivity contribution in [1.82, 2.24) is 0 Å². The van der Waals surface area contributed by atoms with Crippen LogP contribution in [-0.4, -0.2) is 20.0 Å². The van der Waals surface area contributed by atoms with Crippen LogP contribution in [0.2, 0.25) is 0 Å². The molecule has 1 aliphatic rings. The molecule has 0 bridgehead atoms. The van der Waals surface area contributed by atoms with Crippen LogP contribution in [0.4, 0.5) is 0 Å². The summed E-state index contributed by atoms with van der Waals surface area (Å²) in [6.07, 6.45) is 3.51. The first-order chi connectivity index (χ1) is 8.17. The van der Waals surface area contributed by atoms with Crippen molar-refractivity contribution in [2.75, 3.05) is 14.2 Å². The minimum absolute atomic E-state index is 0.125. The van der Waals surface area contributed by atoms with Gasteiger partial charge in [0, 0.05) is 11.1 Å². The molecule has 0 aliphatic heterocycles. The van der Waals surface area contributed by atoms with Crippen molar-refractivity contribution in [3.05, 3.63) is 28.8 Å². The molecule has 0 atom stereocenters. The Balaban J connectivity index is 2.58. The summed E-state index contributed by atoms with van der Waals surface area (Å²) in [6, 6.07) is 3.78. The number of ether oxygens (including phenoxy) is 2. The molecular weight excluding hydrogens is 216 g/mol. The fraction of sp³-hybridized carbons (Fsp3) is 0.357. The quantitative estimate of drug-likeness (QED) is 0.803. The second-order valence-corrected chi connectivity index (χ2v) is 4.09. The Bertz CT molecular complexity index is 486. The third-order valence-electron chi connectivity index (χ3n) is 3.13. The first-order valence-electron chi connectivity index (χ1n) is 5.62. The smallest absolute Gasteiger partial charge is 0.155 e. The lowest BCUT2D eigenvalue weighted by molar-refractivity contribution is -0.113. The molecule has 0 N–H and O–H groups in total. The Morgan fingerprint density at radius 1 is 1.12 bits per heavy atom. The van der Waals surface area contributed by atoms with E-state index in [-0.39, 0.29) is 5.78 Å².